The van der Waals surface area contributed by atoms with E-state index in [9.17, 15) is 8.42 Å². The van der Waals surface area contributed by atoms with E-state index in [0.717, 1.165) is 19.3 Å². The van der Waals surface area contributed by atoms with Gasteiger partial charge in [0.05, 0.1) is 6.61 Å². The number of hydrogen-bond acceptors (Lipinski definition) is 4. The van der Waals surface area contributed by atoms with Crippen molar-refractivity contribution < 1.29 is 16.8 Å². The first-order valence-corrected chi connectivity index (χ1v) is 11.6. The summed E-state index contributed by atoms with van der Waals surface area (Å²) in [5, 5.41) is 0. The van der Waals surface area contributed by atoms with Crippen molar-refractivity contribution in [1.82, 2.24) is 0 Å². The fourth-order valence-electron chi connectivity index (χ4n) is 2.90. The van der Waals surface area contributed by atoms with Gasteiger partial charge in [0.1, 0.15) is 5.75 Å². The molecule has 0 spiro atoms. The molecule has 150 valence electrons. The van der Waals surface area contributed by atoms with Gasteiger partial charge in [-0.2, -0.15) is 8.42 Å². The molecule has 0 aromatic heterocycles. The third-order valence-corrected chi connectivity index (χ3v) is 5.27. The van der Waals surface area contributed by atoms with Crippen molar-refractivity contribution in [2.24, 2.45) is 0 Å². The van der Waals surface area contributed by atoms with Gasteiger partial charge in [0, 0.05) is 0 Å². The smallest absolute Gasteiger partial charge is 0.362 e. The molecule has 1 aromatic rings. The Morgan fingerprint density at radius 2 is 1.15 bits per heavy atom. The zero-order valence-electron chi connectivity index (χ0n) is 16.3. The van der Waals surface area contributed by atoms with Crippen LogP contribution in [0.3, 0.4) is 0 Å². The number of benzene rings is 1. The summed E-state index contributed by atoms with van der Waals surface area (Å²) in [7, 11) is -3.95. The minimum atomic E-state index is -3.95. The lowest BCUT2D eigenvalue weighted by Crippen LogP contribution is -2.14. The van der Waals surface area contributed by atoms with Gasteiger partial charge in [-0.3, -0.25) is 0 Å². The fraction of sp³-hybridized carbons (Fsp3) is 0.714. The van der Waals surface area contributed by atoms with Crippen molar-refractivity contribution in [1.29, 1.82) is 0 Å². The van der Waals surface area contributed by atoms with Crippen LogP contribution in [-0.4, -0.2) is 15.0 Å². The van der Waals surface area contributed by atoms with Gasteiger partial charge in [-0.1, -0.05) is 102 Å². The molecule has 0 N–H and O–H groups in total. The van der Waals surface area contributed by atoms with Crippen molar-refractivity contribution in [3.8, 4) is 5.75 Å². The highest BCUT2D eigenvalue weighted by molar-refractivity contribution is 7.82. The van der Waals surface area contributed by atoms with Crippen LogP contribution in [0.15, 0.2) is 30.3 Å². The summed E-state index contributed by atoms with van der Waals surface area (Å²) in [6.07, 6.45) is 16.3. The van der Waals surface area contributed by atoms with E-state index in [1.54, 1.807) is 30.3 Å². The largest absolute Gasteiger partial charge is 0.449 e. The van der Waals surface area contributed by atoms with E-state index in [-0.39, 0.29) is 12.4 Å². The van der Waals surface area contributed by atoms with Crippen LogP contribution in [0.5, 0.6) is 5.75 Å². The zero-order chi connectivity index (χ0) is 18.9. The molecule has 0 radical (unpaired) electrons. The summed E-state index contributed by atoms with van der Waals surface area (Å²) in [5.74, 6) is 0.276. The fourth-order valence-corrected chi connectivity index (χ4v) is 3.62. The summed E-state index contributed by atoms with van der Waals surface area (Å²) in [4.78, 5) is 0. The second-order valence-corrected chi connectivity index (χ2v) is 8.09. The highest BCUT2D eigenvalue weighted by Gasteiger charge is 2.12. The summed E-state index contributed by atoms with van der Waals surface area (Å²) in [6.45, 7) is 2.44. The second kappa shape index (κ2) is 15.0. The topological polar surface area (TPSA) is 52.6 Å². The third kappa shape index (κ3) is 13.2. The highest BCUT2D eigenvalue weighted by atomic mass is 32.3. The van der Waals surface area contributed by atoms with Crippen LogP contribution in [0.2, 0.25) is 0 Å². The van der Waals surface area contributed by atoms with Crippen molar-refractivity contribution in [2.75, 3.05) is 6.61 Å². The lowest BCUT2D eigenvalue weighted by atomic mass is 10.0. The Bertz CT molecular complexity index is 528. The van der Waals surface area contributed by atoms with E-state index >= 15 is 0 Å². The SMILES string of the molecule is CCCCCCCCCCCCCCCOS(=O)(=O)Oc1ccccc1. The number of para-hydroxylation sites is 1. The molecule has 1 aromatic carbocycles. The Morgan fingerprint density at radius 3 is 1.65 bits per heavy atom. The van der Waals surface area contributed by atoms with Crippen molar-refractivity contribution >= 4 is 10.4 Å². The minimum absolute atomic E-state index is 0.187. The maximum atomic E-state index is 11.7. The maximum Gasteiger partial charge on any atom is 0.449 e. The van der Waals surface area contributed by atoms with Crippen LogP contribution in [0.25, 0.3) is 0 Å². The Labute approximate surface area is 160 Å². The molecule has 0 fully saturated rings. The van der Waals surface area contributed by atoms with E-state index in [4.69, 9.17) is 8.37 Å². The molecular weight excluding hydrogens is 348 g/mol. The van der Waals surface area contributed by atoms with Gasteiger partial charge >= 0.3 is 10.4 Å². The lowest BCUT2D eigenvalue weighted by Gasteiger charge is -2.07. The lowest BCUT2D eigenvalue weighted by molar-refractivity contribution is 0.265. The molecule has 0 aliphatic rings. The van der Waals surface area contributed by atoms with Gasteiger partial charge in [0.25, 0.3) is 0 Å². The van der Waals surface area contributed by atoms with Gasteiger partial charge in [-0.15, -0.1) is 0 Å². The Kier molecular flexibility index (Phi) is 13.3. The normalized spacial score (nSPS) is 11.6. The average Bonchev–Trinajstić information content (AvgIpc) is 2.62. The van der Waals surface area contributed by atoms with Crippen LogP contribution >= 0.6 is 0 Å². The third-order valence-electron chi connectivity index (χ3n) is 4.42. The molecule has 0 bridgehead atoms. The van der Waals surface area contributed by atoms with E-state index in [1.807, 2.05) is 0 Å². The first-order valence-electron chi connectivity index (χ1n) is 10.3. The van der Waals surface area contributed by atoms with Crippen LogP contribution < -0.4 is 4.18 Å². The molecule has 4 nitrogen and oxygen atoms in total. The molecule has 0 aliphatic heterocycles. The van der Waals surface area contributed by atoms with E-state index in [0.29, 0.717) is 0 Å². The summed E-state index contributed by atoms with van der Waals surface area (Å²) < 4.78 is 33.1. The maximum absolute atomic E-state index is 11.7. The molecule has 1 rings (SSSR count). The molecule has 0 heterocycles. The Hall–Kier alpha value is -1.07. The molecule has 26 heavy (non-hydrogen) atoms. The molecule has 5 heteroatoms. The van der Waals surface area contributed by atoms with E-state index in [1.165, 1.54) is 64.2 Å². The summed E-state index contributed by atoms with van der Waals surface area (Å²) >= 11 is 0. The number of hydrogen-bond donors (Lipinski definition) is 0. The number of rotatable bonds is 17. The van der Waals surface area contributed by atoms with Crippen LogP contribution in [0, 0.1) is 0 Å². The Balaban J connectivity index is 1.88. The van der Waals surface area contributed by atoms with E-state index < -0.39 is 10.4 Å². The second-order valence-electron chi connectivity index (χ2n) is 6.87. The summed E-state index contributed by atoms with van der Waals surface area (Å²) in [5.41, 5.74) is 0. The Morgan fingerprint density at radius 1 is 0.692 bits per heavy atom. The van der Waals surface area contributed by atoms with E-state index in [2.05, 4.69) is 6.92 Å². The van der Waals surface area contributed by atoms with Crippen LogP contribution in [0.4, 0.5) is 0 Å². The predicted molar refractivity (Wildman–Crippen MR) is 108 cm³/mol. The van der Waals surface area contributed by atoms with Gasteiger partial charge < -0.3 is 4.18 Å². The first kappa shape index (κ1) is 23.0. The number of unbranched alkanes of at least 4 members (excludes halogenated alkanes) is 12. The van der Waals surface area contributed by atoms with Crippen molar-refractivity contribution in [2.45, 2.75) is 90.4 Å². The van der Waals surface area contributed by atoms with Gasteiger partial charge in [0.2, 0.25) is 0 Å². The molecule has 0 atom stereocenters. The molecule has 0 unspecified atom stereocenters. The molecular formula is C21H36O4S. The first-order chi connectivity index (χ1) is 12.6. The molecule has 0 saturated heterocycles. The molecule has 0 aliphatic carbocycles. The monoisotopic (exact) mass is 384 g/mol. The summed E-state index contributed by atoms with van der Waals surface area (Å²) in [6, 6.07) is 8.42. The highest BCUT2D eigenvalue weighted by Crippen LogP contribution is 2.14. The standard InChI is InChI=1S/C21H36O4S/c1-2-3-4-5-6-7-8-9-10-11-12-13-17-20-24-26(22,23)25-21-18-15-14-16-19-21/h14-16,18-19H,2-13,17,20H2,1H3. The van der Waals surface area contributed by atoms with Gasteiger partial charge in [-0.25, -0.2) is 4.18 Å². The predicted octanol–water partition coefficient (Wildman–Crippen LogP) is 6.42. The van der Waals surface area contributed by atoms with Gasteiger partial charge in [-0.05, 0) is 18.6 Å². The van der Waals surface area contributed by atoms with Crippen molar-refractivity contribution in [3.05, 3.63) is 30.3 Å². The van der Waals surface area contributed by atoms with Gasteiger partial charge in [0.15, 0.2) is 0 Å². The average molecular weight is 385 g/mol. The molecule has 0 amide bonds. The van der Waals surface area contributed by atoms with Crippen LogP contribution in [-0.2, 0) is 14.6 Å². The van der Waals surface area contributed by atoms with Crippen LogP contribution in [0.1, 0.15) is 90.4 Å². The zero-order valence-corrected chi connectivity index (χ0v) is 17.1. The minimum Gasteiger partial charge on any atom is -0.362 e. The molecule has 0 saturated carbocycles. The van der Waals surface area contributed by atoms with Crippen molar-refractivity contribution in [3.63, 3.8) is 0 Å². The quantitative estimate of drug-likeness (QED) is 0.291.